The molecule has 8 aromatic rings. The summed E-state index contributed by atoms with van der Waals surface area (Å²) in [7, 11) is 0. The Balaban J connectivity index is 1.37. The van der Waals surface area contributed by atoms with E-state index in [0.717, 1.165) is 21.9 Å². The van der Waals surface area contributed by atoms with Crippen LogP contribution in [0.2, 0.25) is 0 Å². The highest BCUT2D eigenvalue weighted by Crippen LogP contribution is 2.59. The van der Waals surface area contributed by atoms with Gasteiger partial charge >= 0.3 is 0 Å². The first-order chi connectivity index (χ1) is 23.2. The number of aromatic hydroxyl groups is 5. The Morgan fingerprint density at radius 3 is 1.29 bits per heavy atom. The molecular formula is C43H30O5. The fraction of sp³-hybridized carbons (Fsp3) is 0.0698. The second kappa shape index (κ2) is 9.66. The molecule has 0 aromatic heterocycles. The van der Waals surface area contributed by atoms with E-state index in [2.05, 4.69) is 80.6 Å². The third-order valence-corrected chi connectivity index (χ3v) is 10.4. The van der Waals surface area contributed by atoms with Gasteiger partial charge in [-0.15, -0.1) is 0 Å². The first-order valence-electron chi connectivity index (χ1n) is 15.9. The molecular weight excluding hydrogens is 596 g/mol. The molecule has 0 fully saturated rings. The van der Waals surface area contributed by atoms with Crippen molar-refractivity contribution in [2.75, 3.05) is 0 Å². The highest BCUT2D eigenvalue weighted by Gasteiger charge is 2.39. The minimum Gasteiger partial charge on any atom is -0.504 e. The van der Waals surface area contributed by atoms with E-state index in [9.17, 15) is 25.5 Å². The number of phenolic OH excluding ortho intramolecular Hbond substituents is 5. The van der Waals surface area contributed by atoms with E-state index in [-0.39, 0.29) is 11.0 Å². The van der Waals surface area contributed by atoms with E-state index >= 15 is 0 Å². The van der Waals surface area contributed by atoms with Crippen LogP contribution in [0.25, 0.3) is 76.5 Å². The molecule has 0 radical (unpaired) electrons. The lowest BCUT2D eigenvalue weighted by molar-refractivity contribution is 0.330. The SMILES string of the molecule is CC1(C)c2cc(-c3c4ccccc4c(-c4c(O)c(O)c(O)c(O)c4O)c4ccccc34)ccc2-c2c1c1ccccc1c1ccccc21. The summed E-state index contributed by atoms with van der Waals surface area (Å²) in [5, 5.41) is 61.4. The van der Waals surface area contributed by atoms with Crippen molar-refractivity contribution in [3.05, 3.63) is 126 Å². The van der Waals surface area contributed by atoms with Crippen molar-refractivity contribution in [1.82, 2.24) is 0 Å². The molecule has 48 heavy (non-hydrogen) atoms. The maximum atomic E-state index is 11.1. The fourth-order valence-corrected chi connectivity index (χ4v) is 8.27. The van der Waals surface area contributed by atoms with E-state index in [1.165, 1.54) is 43.8 Å². The predicted molar refractivity (Wildman–Crippen MR) is 193 cm³/mol. The second-order valence-corrected chi connectivity index (χ2v) is 13.2. The van der Waals surface area contributed by atoms with Crippen LogP contribution in [0.4, 0.5) is 0 Å². The van der Waals surface area contributed by atoms with Gasteiger partial charge in [0.05, 0.1) is 5.56 Å². The average molecular weight is 627 g/mol. The number of benzene rings is 8. The van der Waals surface area contributed by atoms with Crippen molar-refractivity contribution in [3.63, 3.8) is 0 Å². The summed E-state index contributed by atoms with van der Waals surface area (Å²) in [6, 6.07) is 39.5. The monoisotopic (exact) mass is 626 g/mol. The zero-order valence-corrected chi connectivity index (χ0v) is 26.2. The van der Waals surface area contributed by atoms with Gasteiger partial charge in [0.2, 0.25) is 17.2 Å². The molecule has 0 bridgehead atoms. The molecule has 0 saturated heterocycles. The van der Waals surface area contributed by atoms with E-state index < -0.39 is 28.7 Å². The minimum absolute atomic E-state index is 0.161. The van der Waals surface area contributed by atoms with E-state index in [4.69, 9.17) is 0 Å². The van der Waals surface area contributed by atoms with Crippen LogP contribution in [0.1, 0.15) is 25.0 Å². The minimum atomic E-state index is -0.985. The largest absolute Gasteiger partial charge is 0.504 e. The van der Waals surface area contributed by atoms with Gasteiger partial charge in [0.1, 0.15) is 0 Å². The second-order valence-electron chi connectivity index (χ2n) is 13.2. The van der Waals surface area contributed by atoms with Crippen molar-refractivity contribution < 1.29 is 25.5 Å². The van der Waals surface area contributed by atoms with Crippen LogP contribution in [-0.4, -0.2) is 25.5 Å². The summed E-state index contributed by atoms with van der Waals surface area (Å²) in [5.74, 6) is -4.23. The molecule has 0 amide bonds. The molecule has 0 aliphatic heterocycles. The van der Waals surface area contributed by atoms with E-state index in [1.807, 2.05) is 48.5 Å². The lowest BCUT2D eigenvalue weighted by Gasteiger charge is -2.25. The van der Waals surface area contributed by atoms with Crippen LogP contribution in [0, 0.1) is 0 Å². The Hall–Kier alpha value is -6.20. The number of hydrogen-bond donors (Lipinski definition) is 5. The predicted octanol–water partition coefficient (Wildman–Crippen LogP) is 10.5. The van der Waals surface area contributed by atoms with Crippen molar-refractivity contribution in [1.29, 1.82) is 0 Å². The van der Waals surface area contributed by atoms with Gasteiger partial charge in [-0.3, -0.25) is 0 Å². The summed E-state index contributed by atoms with van der Waals surface area (Å²) in [6.07, 6.45) is 0. The molecule has 0 saturated carbocycles. The Kier molecular flexibility index (Phi) is 5.65. The highest BCUT2D eigenvalue weighted by molar-refractivity contribution is 6.23. The maximum absolute atomic E-state index is 11.1. The molecule has 0 atom stereocenters. The van der Waals surface area contributed by atoms with Crippen LogP contribution in [0.15, 0.2) is 115 Å². The Morgan fingerprint density at radius 2 is 0.771 bits per heavy atom. The average Bonchev–Trinajstić information content (AvgIpc) is 3.36. The van der Waals surface area contributed by atoms with Gasteiger partial charge in [0.25, 0.3) is 0 Å². The van der Waals surface area contributed by atoms with Crippen LogP contribution in [-0.2, 0) is 5.41 Å². The smallest absolute Gasteiger partial charge is 0.208 e. The Bertz CT molecular complexity index is 2620. The molecule has 8 aromatic carbocycles. The molecule has 0 unspecified atom stereocenters. The van der Waals surface area contributed by atoms with Crippen LogP contribution >= 0.6 is 0 Å². The summed E-state index contributed by atoms with van der Waals surface area (Å²) >= 11 is 0. The van der Waals surface area contributed by atoms with Crippen molar-refractivity contribution in [2.45, 2.75) is 19.3 Å². The van der Waals surface area contributed by atoms with Crippen LogP contribution in [0.5, 0.6) is 28.7 Å². The molecule has 0 heterocycles. The molecule has 0 spiro atoms. The van der Waals surface area contributed by atoms with Gasteiger partial charge in [-0.2, -0.15) is 0 Å². The number of hydrogen-bond acceptors (Lipinski definition) is 5. The maximum Gasteiger partial charge on any atom is 0.208 e. The zero-order valence-electron chi connectivity index (χ0n) is 26.2. The molecule has 5 N–H and O–H groups in total. The summed E-state index contributed by atoms with van der Waals surface area (Å²) < 4.78 is 0. The normalized spacial score (nSPS) is 13.4. The van der Waals surface area contributed by atoms with Crippen LogP contribution < -0.4 is 0 Å². The molecule has 232 valence electrons. The first-order valence-corrected chi connectivity index (χ1v) is 15.9. The van der Waals surface area contributed by atoms with Gasteiger partial charge in [-0.05, 0) is 82.5 Å². The van der Waals surface area contributed by atoms with E-state index in [0.29, 0.717) is 16.3 Å². The Morgan fingerprint density at radius 1 is 0.375 bits per heavy atom. The van der Waals surface area contributed by atoms with Crippen molar-refractivity contribution in [2.24, 2.45) is 0 Å². The summed E-state index contributed by atoms with van der Waals surface area (Å²) in [6.45, 7) is 4.61. The molecule has 9 rings (SSSR count). The summed E-state index contributed by atoms with van der Waals surface area (Å²) in [4.78, 5) is 0. The van der Waals surface area contributed by atoms with Crippen molar-refractivity contribution in [3.8, 4) is 62.1 Å². The van der Waals surface area contributed by atoms with Gasteiger partial charge < -0.3 is 25.5 Å². The third kappa shape index (κ3) is 3.50. The zero-order chi connectivity index (χ0) is 33.1. The van der Waals surface area contributed by atoms with Gasteiger partial charge in [0.15, 0.2) is 11.5 Å². The number of rotatable bonds is 2. The summed E-state index contributed by atoms with van der Waals surface area (Å²) in [5.41, 5.74) is 7.03. The lowest BCUT2D eigenvalue weighted by atomic mass is 9.78. The molecule has 5 nitrogen and oxygen atoms in total. The number of fused-ring (bicyclic) bond motifs is 10. The van der Waals surface area contributed by atoms with Gasteiger partial charge in [-0.1, -0.05) is 123 Å². The van der Waals surface area contributed by atoms with Crippen LogP contribution in [0.3, 0.4) is 0 Å². The molecule has 5 heteroatoms. The van der Waals surface area contributed by atoms with Crippen molar-refractivity contribution >= 4 is 43.1 Å². The first kappa shape index (κ1) is 28.1. The molecule has 1 aliphatic rings. The van der Waals surface area contributed by atoms with E-state index in [1.54, 1.807) is 0 Å². The van der Waals surface area contributed by atoms with Gasteiger partial charge in [-0.25, -0.2) is 0 Å². The topological polar surface area (TPSA) is 101 Å². The fourth-order valence-electron chi connectivity index (χ4n) is 8.27. The third-order valence-electron chi connectivity index (χ3n) is 10.4. The highest BCUT2D eigenvalue weighted by atomic mass is 16.4. The van der Waals surface area contributed by atoms with Gasteiger partial charge in [0, 0.05) is 11.0 Å². The number of phenols is 5. The molecule has 1 aliphatic carbocycles. The Labute approximate surface area is 275 Å². The quantitative estimate of drug-likeness (QED) is 0.0569. The standard InChI is InChI=1S/C43H30O5/c1-43(2)32-21-22(19-20-31(32)35-25-13-5-3-11-23(25)24-12-4-10-18-30(24)37(35)43)33-26-14-6-8-16-28(26)34(29-17-9-7-15-27(29)33)36-38(44)40(46)42(48)41(47)39(36)45/h3-21,44-48H,1-2H3. The lowest BCUT2D eigenvalue weighted by Crippen LogP contribution is -2.15.